The van der Waals surface area contributed by atoms with Crippen LogP contribution in [0.2, 0.25) is 0 Å². The van der Waals surface area contributed by atoms with E-state index in [1.54, 1.807) is 7.11 Å². The molecule has 0 saturated heterocycles. The van der Waals surface area contributed by atoms with Crippen LogP contribution in [0.3, 0.4) is 0 Å². The van der Waals surface area contributed by atoms with Crippen LogP contribution >= 0.6 is 0 Å². The zero-order valence-corrected chi connectivity index (χ0v) is 11.7. The average molecular weight is 252 g/mol. The van der Waals surface area contributed by atoms with Gasteiger partial charge in [-0.3, -0.25) is 0 Å². The van der Waals surface area contributed by atoms with Gasteiger partial charge >= 0.3 is 0 Å². The van der Waals surface area contributed by atoms with Gasteiger partial charge in [0.05, 0.1) is 19.8 Å². The highest BCUT2D eigenvalue weighted by Gasteiger charge is 2.18. The van der Waals surface area contributed by atoms with Crippen molar-refractivity contribution in [1.82, 2.24) is 0 Å². The van der Waals surface area contributed by atoms with Crippen molar-refractivity contribution in [3.63, 3.8) is 0 Å². The lowest BCUT2D eigenvalue weighted by Gasteiger charge is -2.22. The quantitative estimate of drug-likeness (QED) is 0.818. The van der Waals surface area contributed by atoms with Crippen molar-refractivity contribution in [3.8, 4) is 5.75 Å². The minimum absolute atomic E-state index is 0.176. The van der Waals surface area contributed by atoms with Crippen molar-refractivity contribution in [2.75, 3.05) is 13.7 Å². The highest BCUT2D eigenvalue weighted by Crippen LogP contribution is 2.32. The first kappa shape index (κ1) is 15.0. The second kappa shape index (κ2) is 6.76. The van der Waals surface area contributed by atoms with Gasteiger partial charge in [-0.1, -0.05) is 13.0 Å². The van der Waals surface area contributed by atoms with Crippen molar-refractivity contribution in [3.05, 3.63) is 28.8 Å². The minimum atomic E-state index is -0.642. The molecule has 0 spiro atoms. The molecule has 0 saturated carbocycles. The molecular formula is C15H24O3. The van der Waals surface area contributed by atoms with E-state index in [9.17, 15) is 5.11 Å². The van der Waals surface area contributed by atoms with E-state index >= 15 is 0 Å². The van der Waals surface area contributed by atoms with Crippen LogP contribution in [0.25, 0.3) is 0 Å². The number of aliphatic hydroxyl groups is 2. The summed E-state index contributed by atoms with van der Waals surface area (Å²) in [5, 5.41) is 18.6. The maximum atomic E-state index is 9.61. The number of methoxy groups -OCH3 is 1. The molecule has 0 aliphatic heterocycles. The Morgan fingerprint density at radius 2 is 1.89 bits per heavy atom. The summed E-state index contributed by atoms with van der Waals surface area (Å²) >= 11 is 0. The predicted molar refractivity (Wildman–Crippen MR) is 73.2 cm³/mol. The Labute approximate surface area is 109 Å². The topological polar surface area (TPSA) is 49.7 Å². The minimum Gasteiger partial charge on any atom is -0.496 e. The van der Waals surface area contributed by atoms with Gasteiger partial charge in [-0.2, -0.15) is 0 Å². The highest BCUT2D eigenvalue weighted by molar-refractivity contribution is 5.45. The molecule has 0 aliphatic carbocycles. The zero-order valence-electron chi connectivity index (χ0n) is 11.7. The molecule has 0 radical (unpaired) electrons. The Morgan fingerprint density at radius 3 is 2.39 bits per heavy atom. The summed E-state index contributed by atoms with van der Waals surface area (Å²) in [6.07, 6.45) is 0.903. The molecule has 18 heavy (non-hydrogen) atoms. The van der Waals surface area contributed by atoms with Crippen LogP contribution in [0.15, 0.2) is 12.1 Å². The number of aliphatic hydroxyl groups excluding tert-OH is 2. The Hall–Kier alpha value is -1.06. The lowest BCUT2D eigenvalue weighted by Crippen LogP contribution is -2.17. The molecule has 3 heteroatoms. The van der Waals surface area contributed by atoms with Gasteiger partial charge in [0.2, 0.25) is 0 Å². The summed E-state index contributed by atoms with van der Waals surface area (Å²) in [7, 11) is 1.67. The normalized spacial score (nSPS) is 14.3. The summed E-state index contributed by atoms with van der Waals surface area (Å²) in [6, 6.07) is 4.05. The first-order valence-corrected chi connectivity index (χ1v) is 6.48. The van der Waals surface area contributed by atoms with Gasteiger partial charge < -0.3 is 14.9 Å². The van der Waals surface area contributed by atoms with E-state index in [1.165, 1.54) is 11.1 Å². The number of benzene rings is 1. The molecule has 1 aromatic carbocycles. The summed E-state index contributed by atoms with van der Waals surface area (Å²) in [6.45, 7) is 6.06. The summed E-state index contributed by atoms with van der Waals surface area (Å²) in [4.78, 5) is 0. The molecule has 3 nitrogen and oxygen atoms in total. The van der Waals surface area contributed by atoms with Crippen LogP contribution in [0.4, 0.5) is 0 Å². The van der Waals surface area contributed by atoms with Gasteiger partial charge in [0.1, 0.15) is 5.75 Å². The van der Waals surface area contributed by atoms with E-state index in [-0.39, 0.29) is 12.5 Å². The van der Waals surface area contributed by atoms with Crippen LogP contribution in [-0.4, -0.2) is 30.0 Å². The predicted octanol–water partition coefficient (Wildman–Crippen LogP) is 2.55. The van der Waals surface area contributed by atoms with Crippen LogP contribution in [0.5, 0.6) is 5.75 Å². The highest BCUT2D eigenvalue weighted by atomic mass is 16.5. The van der Waals surface area contributed by atoms with Gasteiger partial charge in [0.25, 0.3) is 0 Å². The first-order chi connectivity index (χ1) is 8.54. The van der Waals surface area contributed by atoms with E-state index in [1.807, 2.05) is 13.0 Å². The van der Waals surface area contributed by atoms with E-state index in [0.29, 0.717) is 6.42 Å². The maximum Gasteiger partial charge on any atom is 0.122 e. The van der Waals surface area contributed by atoms with E-state index < -0.39 is 6.10 Å². The van der Waals surface area contributed by atoms with Gasteiger partial charge in [0.15, 0.2) is 0 Å². The number of hydrogen-bond acceptors (Lipinski definition) is 3. The summed E-state index contributed by atoms with van der Waals surface area (Å²) < 4.78 is 5.31. The van der Waals surface area contributed by atoms with Gasteiger partial charge in [-0.05, 0) is 55.4 Å². The SMILES string of the molecule is CCC(CC(O)CO)c1ccc(OC)c(C)c1C. The maximum absolute atomic E-state index is 9.61. The van der Waals surface area contributed by atoms with Crippen molar-refractivity contribution < 1.29 is 14.9 Å². The fraction of sp³-hybridized carbons (Fsp3) is 0.600. The smallest absolute Gasteiger partial charge is 0.122 e. The molecular weight excluding hydrogens is 228 g/mol. The third kappa shape index (κ3) is 3.24. The average Bonchev–Trinajstić information content (AvgIpc) is 2.39. The first-order valence-electron chi connectivity index (χ1n) is 6.48. The molecule has 0 heterocycles. The molecule has 2 unspecified atom stereocenters. The van der Waals surface area contributed by atoms with Crippen molar-refractivity contribution in [2.45, 2.75) is 45.6 Å². The second-order valence-corrected chi connectivity index (χ2v) is 4.78. The molecule has 2 N–H and O–H groups in total. The van der Waals surface area contributed by atoms with Crippen LogP contribution in [0.1, 0.15) is 42.4 Å². The molecule has 1 aromatic rings. The van der Waals surface area contributed by atoms with E-state index in [0.717, 1.165) is 17.7 Å². The van der Waals surface area contributed by atoms with Crippen molar-refractivity contribution in [2.24, 2.45) is 0 Å². The molecule has 102 valence electrons. The Balaban J connectivity index is 3.03. The second-order valence-electron chi connectivity index (χ2n) is 4.78. The molecule has 0 fully saturated rings. The molecule has 0 aromatic heterocycles. The molecule has 0 amide bonds. The zero-order chi connectivity index (χ0) is 13.7. The molecule has 0 aliphatic rings. The van der Waals surface area contributed by atoms with Crippen molar-refractivity contribution in [1.29, 1.82) is 0 Å². The molecule has 2 atom stereocenters. The van der Waals surface area contributed by atoms with Crippen LogP contribution < -0.4 is 4.74 Å². The number of hydrogen-bond donors (Lipinski definition) is 2. The van der Waals surface area contributed by atoms with E-state index in [2.05, 4.69) is 19.9 Å². The number of rotatable bonds is 6. The monoisotopic (exact) mass is 252 g/mol. The summed E-state index contributed by atoms with van der Waals surface area (Å²) in [5.41, 5.74) is 3.60. The molecule has 1 rings (SSSR count). The summed E-state index contributed by atoms with van der Waals surface area (Å²) in [5.74, 6) is 1.17. The van der Waals surface area contributed by atoms with E-state index in [4.69, 9.17) is 9.84 Å². The Bertz CT molecular complexity index is 388. The Morgan fingerprint density at radius 1 is 1.22 bits per heavy atom. The fourth-order valence-electron chi connectivity index (χ4n) is 2.40. The lowest BCUT2D eigenvalue weighted by molar-refractivity contribution is 0.0817. The van der Waals surface area contributed by atoms with Gasteiger partial charge in [0, 0.05) is 0 Å². The van der Waals surface area contributed by atoms with Crippen LogP contribution in [0, 0.1) is 13.8 Å². The van der Waals surface area contributed by atoms with Gasteiger partial charge in [-0.25, -0.2) is 0 Å². The largest absolute Gasteiger partial charge is 0.496 e. The van der Waals surface area contributed by atoms with Crippen LogP contribution in [-0.2, 0) is 0 Å². The Kier molecular flexibility index (Phi) is 5.63. The third-order valence-corrected chi connectivity index (χ3v) is 3.70. The number of ether oxygens (including phenoxy) is 1. The van der Waals surface area contributed by atoms with Crippen molar-refractivity contribution >= 4 is 0 Å². The standard InChI is InChI=1S/C15H24O3/c1-5-12(8-13(17)9-16)14-6-7-15(18-4)11(3)10(14)2/h6-7,12-13,16-17H,5,8-9H2,1-4H3. The third-order valence-electron chi connectivity index (χ3n) is 3.70. The molecule has 0 bridgehead atoms. The fourth-order valence-corrected chi connectivity index (χ4v) is 2.40. The van der Waals surface area contributed by atoms with Gasteiger partial charge in [-0.15, -0.1) is 0 Å². The lowest BCUT2D eigenvalue weighted by atomic mass is 9.86.